The van der Waals surface area contributed by atoms with Gasteiger partial charge in [-0.2, -0.15) is 0 Å². The summed E-state index contributed by atoms with van der Waals surface area (Å²) in [4.78, 5) is 65.7. The molecular formula is C28H40N4O6S. The van der Waals surface area contributed by atoms with Crippen molar-refractivity contribution in [2.75, 3.05) is 14.2 Å². The Balaban J connectivity index is 2.14. The number of carbonyl (C=O) groups is 5. The molecule has 0 radical (unpaired) electrons. The van der Waals surface area contributed by atoms with Crippen LogP contribution in [0.2, 0.25) is 0 Å². The zero-order valence-corrected chi connectivity index (χ0v) is 24.1. The molecule has 0 saturated carbocycles. The molecule has 1 heterocycles. The van der Waals surface area contributed by atoms with Gasteiger partial charge >= 0.3 is 5.97 Å². The van der Waals surface area contributed by atoms with Crippen LogP contribution in [0, 0.1) is 5.92 Å². The Morgan fingerprint density at radius 3 is 2.31 bits per heavy atom. The minimum Gasteiger partial charge on any atom is -0.469 e. The lowest BCUT2D eigenvalue weighted by atomic mass is 10.0. The van der Waals surface area contributed by atoms with Crippen LogP contribution < -0.4 is 16.0 Å². The molecule has 11 heteroatoms. The van der Waals surface area contributed by atoms with Crippen LogP contribution in [0.4, 0.5) is 0 Å². The van der Waals surface area contributed by atoms with Crippen LogP contribution in [0.25, 0.3) is 10.9 Å². The second-order valence-electron chi connectivity index (χ2n) is 9.85. The van der Waals surface area contributed by atoms with E-state index in [1.165, 1.54) is 21.1 Å². The van der Waals surface area contributed by atoms with Crippen molar-refractivity contribution in [1.29, 1.82) is 0 Å². The van der Waals surface area contributed by atoms with Crippen LogP contribution in [0.5, 0.6) is 0 Å². The van der Waals surface area contributed by atoms with Gasteiger partial charge in [0.2, 0.25) is 17.7 Å². The average molecular weight is 561 g/mol. The lowest BCUT2D eigenvalue weighted by molar-refractivity contribution is -0.140. The minimum atomic E-state index is -0.891. The smallest absolute Gasteiger partial charge is 0.305 e. The predicted octanol–water partition coefficient (Wildman–Crippen LogP) is 2.85. The number of thioether (sulfide) groups is 1. The van der Waals surface area contributed by atoms with Crippen molar-refractivity contribution >= 4 is 51.5 Å². The lowest BCUT2D eigenvalue weighted by Crippen LogP contribution is -2.55. The van der Waals surface area contributed by atoms with Crippen LogP contribution in [0.1, 0.15) is 58.4 Å². The quantitative estimate of drug-likeness (QED) is 0.193. The molecule has 3 atom stereocenters. The SMILES string of the molecule is CNC(=O)[C@H](Cc1c[nH]c2ccccc12)NC(=O)[C@@H](CC(C)C)NC(=O)C(CCCCC(=O)OC)SC(C)=O. The van der Waals surface area contributed by atoms with Crippen molar-refractivity contribution in [1.82, 2.24) is 20.9 Å². The number of para-hydroxylation sites is 1. The molecule has 214 valence electrons. The summed E-state index contributed by atoms with van der Waals surface area (Å²) in [6.07, 6.45) is 4.09. The molecule has 4 N–H and O–H groups in total. The maximum atomic E-state index is 13.4. The number of fused-ring (bicyclic) bond motifs is 1. The summed E-state index contributed by atoms with van der Waals surface area (Å²) in [6, 6.07) is 5.96. The van der Waals surface area contributed by atoms with E-state index in [1.807, 2.05) is 44.3 Å². The van der Waals surface area contributed by atoms with Gasteiger partial charge in [-0.3, -0.25) is 24.0 Å². The number of rotatable bonds is 15. The van der Waals surface area contributed by atoms with Gasteiger partial charge in [0.25, 0.3) is 0 Å². The zero-order valence-electron chi connectivity index (χ0n) is 23.3. The molecule has 3 amide bonds. The van der Waals surface area contributed by atoms with Crippen molar-refractivity contribution in [2.24, 2.45) is 5.92 Å². The molecule has 10 nitrogen and oxygen atoms in total. The van der Waals surface area contributed by atoms with Gasteiger partial charge in [-0.15, -0.1) is 0 Å². The van der Waals surface area contributed by atoms with Crippen molar-refractivity contribution in [3.05, 3.63) is 36.0 Å². The van der Waals surface area contributed by atoms with Gasteiger partial charge < -0.3 is 25.7 Å². The molecule has 1 aromatic heterocycles. The fraction of sp³-hybridized carbons (Fsp3) is 0.536. The molecule has 0 spiro atoms. The summed E-state index contributed by atoms with van der Waals surface area (Å²) < 4.78 is 4.64. The van der Waals surface area contributed by atoms with Gasteiger partial charge in [-0.05, 0) is 36.8 Å². The highest BCUT2D eigenvalue weighted by molar-refractivity contribution is 8.14. The fourth-order valence-corrected chi connectivity index (χ4v) is 5.15. The molecule has 1 unspecified atom stereocenters. The third kappa shape index (κ3) is 10.4. The summed E-state index contributed by atoms with van der Waals surface area (Å²) in [7, 11) is 2.83. The molecule has 0 fully saturated rings. The molecule has 0 aliphatic rings. The molecule has 39 heavy (non-hydrogen) atoms. The number of nitrogens with one attached hydrogen (secondary N) is 4. The zero-order chi connectivity index (χ0) is 28.9. The number of carbonyl (C=O) groups excluding carboxylic acids is 5. The first kappa shape index (κ1) is 31.9. The number of likely N-dealkylation sites (N-methyl/N-ethyl adjacent to an activating group) is 1. The van der Waals surface area contributed by atoms with E-state index in [-0.39, 0.29) is 35.8 Å². The van der Waals surface area contributed by atoms with Crippen LogP contribution in [0.3, 0.4) is 0 Å². The molecule has 1 aromatic carbocycles. The van der Waals surface area contributed by atoms with Crippen LogP contribution in [-0.2, 0) is 35.1 Å². The largest absolute Gasteiger partial charge is 0.469 e. The Morgan fingerprint density at radius 2 is 1.67 bits per heavy atom. The van der Waals surface area contributed by atoms with Gasteiger partial charge in [0.1, 0.15) is 12.1 Å². The number of H-pyrrole nitrogens is 1. The van der Waals surface area contributed by atoms with E-state index in [2.05, 4.69) is 25.7 Å². The number of methoxy groups -OCH3 is 1. The Labute approximate surface area is 233 Å². The van der Waals surface area contributed by atoms with Crippen molar-refractivity contribution in [3.63, 3.8) is 0 Å². The Morgan fingerprint density at radius 1 is 0.974 bits per heavy atom. The van der Waals surface area contributed by atoms with E-state index in [9.17, 15) is 24.0 Å². The highest BCUT2D eigenvalue weighted by Gasteiger charge is 2.30. The molecule has 2 rings (SSSR count). The second kappa shape index (κ2) is 15.9. The van der Waals surface area contributed by atoms with Crippen molar-refractivity contribution in [2.45, 2.75) is 76.6 Å². The Bertz CT molecular complexity index is 1150. The van der Waals surface area contributed by atoms with Gasteiger partial charge in [-0.1, -0.05) is 50.2 Å². The van der Waals surface area contributed by atoms with E-state index in [0.717, 1.165) is 28.2 Å². The first-order chi connectivity index (χ1) is 18.5. The normalized spacial score (nSPS) is 13.4. The van der Waals surface area contributed by atoms with Gasteiger partial charge in [0.15, 0.2) is 5.12 Å². The highest BCUT2D eigenvalue weighted by atomic mass is 32.2. The molecular weight excluding hydrogens is 520 g/mol. The van der Waals surface area contributed by atoms with E-state index in [4.69, 9.17) is 0 Å². The molecule has 0 bridgehead atoms. The minimum absolute atomic E-state index is 0.0760. The number of amides is 3. The topological polar surface area (TPSA) is 146 Å². The van der Waals surface area contributed by atoms with Gasteiger partial charge in [-0.25, -0.2) is 0 Å². The van der Waals surface area contributed by atoms with E-state index in [0.29, 0.717) is 25.7 Å². The van der Waals surface area contributed by atoms with E-state index >= 15 is 0 Å². The standard InChI is InChI=1S/C28H40N4O6S/c1-17(2)14-22(32-28(37)24(39-18(3)33)12-8-9-13-25(34)38-5)27(36)31-23(26(35)29-4)15-19-16-30-21-11-7-6-10-20(19)21/h6-7,10-11,16-17,22-24,30H,8-9,12-15H2,1-5H3,(H,29,35)(H,31,36)(H,32,37)/t22-,23+,24?/m1/s1. The van der Waals surface area contributed by atoms with E-state index < -0.39 is 29.1 Å². The number of hydrogen-bond donors (Lipinski definition) is 4. The van der Waals surface area contributed by atoms with Crippen molar-refractivity contribution < 1.29 is 28.7 Å². The van der Waals surface area contributed by atoms with Crippen LogP contribution in [-0.4, -0.2) is 65.3 Å². The third-order valence-corrected chi connectivity index (χ3v) is 7.31. The van der Waals surface area contributed by atoms with Crippen LogP contribution in [0.15, 0.2) is 30.5 Å². The predicted molar refractivity (Wildman–Crippen MR) is 152 cm³/mol. The van der Waals surface area contributed by atoms with E-state index in [1.54, 1.807) is 0 Å². The fourth-order valence-electron chi connectivity index (χ4n) is 4.29. The second-order valence-corrected chi connectivity index (χ2v) is 11.2. The number of ether oxygens (including phenoxy) is 1. The van der Waals surface area contributed by atoms with Crippen molar-refractivity contribution in [3.8, 4) is 0 Å². The first-order valence-corrected chi connectivity index (χ1v) is 14.0. The molecule has 0 aliphatic heterocycles. The number of esters is 1. The molecule has 2 aromatic rings. The molecule has 0 aliphatic carbocycles. The lowest BCUT2D eigenvalue weighted by Gasteiger charge is -2.25. The maximum absolute atomic E-state index is 13.4. The number of unbranched alkanes of at least 4 members (excludes halogenated alkanes) is 1. The average Bonchev–Trinajstić information content (AvgIpc) is 3.31. The van der Waals surface area contributed by atoms with Gasteiger partial charge in [0, 0.05) is 43.9 Å². The Kier molecular flexibility index (Phi) is 13.0. The number of hydrogen-bond acceptors (Lipinski definition) is 7. The van der Waals surface area contributed by atoms with Crippen LogP contribution >= 0.6 is 11.8 Å². The summed E-state index contributed by atoms with van der Waals surface area (Å²) in [5.41, 5.74) is 1.81. The first-order valence-electron chi connectivity index (χ1n) is 13.2. The summed E-state index contributed by atoms with van der Waals surface area (Å²) >= 11 is 0.905. The number of aromatic nitrogens is 1. The Hall–Kier alpha value is -3.34. The summed E-state index contributed by atoms with van der Waals surface area (Å²) in [6.45, 7) is 5.25. The third-order valence-electron chi connectivity index (χ3n) is 6.24. The number of aromatic amines is 1. The summed E-state index contributed by atoms with van der Waals surface area (Å²) in [5.74, 6) is -1.50. The monoisotopic (exact) mass is 560 g/mol. The van der Waals surface area contributed by atoms with Gasteiger partial charge in [0.05, 0.1) is 12.4 Å². The maximum Gasteiger partial charge on any atom is 0.305 e. The highest BCUT2D eigenvalue weighted by Crippen LogP contribution is 2.21. The summed E-state index contributed by atoms with van der Waals surface area (Å²) in [5, 5.41) is 8.29. The molecule has 0 saturated heterocycles. The number of benzene rings is 1.